The molecule has 26 heavy (non-hydrogen) atoms. The summed E-state index contributed by atoms with van der Waals surface area (Å²) >= 11 is 4.83. The maximum atomic E-state index is 12.8. The van der Waals surface area contributed by atoms with Gasteiger partial charge in [0.2, 0.25) is 0 Å². The fourth-order valence-corrected chi connectivity index (χ4v) is 4.82. The number of rotatable bonds is 5. The van der Waals surface area contributed by atoms with Crippen molar-refractivity contribution in [2.24, 2.45) is 7.05 Å². The zero-order valence-corrected chi connectivity index (χ0v) is 17.5. The highest BCUT2D eigenvalue weighted by molar-refractivity contribution is 9.10. The largest absolute Gasteiger partial charge is 0.459 e. The van der Waals surface area contributed by atoms with E-state index in [2.05, 4.69) is 26.3 Å². The van der Waals surface area contributed by atoms with Crippen molar-refractivity contribution in [2.75, 3.05) is 5.32 Å². The third kappa shape index (κ3) is 3.71. The number of nitrogens with zero attached hydrogens (tertiary/aromatic N) is 2. The number of aromatic nitrogens is 2. The van der Waals surface area contributed by atoms with Crippen LogP contribution in [0.4, 0.5) is 5.00 Å². The Morgan fingerprint density at radius 1 is 1.42 bits per heavy atom. The number of hydrogen-bond donors (Lipinski definition) is 1. The van der Waals surface area contributed by atoms with Gasteiger partial charge < -0.3 is 10.1 Å². The Morgan fingerprint density at radius 3 is 2.81 bits per heavy atom. The average molecular weight is 440 g/mol. The Hall–Kier alpha value is -1.67. The summed E-state index contributed by atoms with van der Waals surface area (Å²) in [7, 11) is 1.71. The van der Waals surface area contributed by atoms with Crippen LogP contribution in [0.25, 0.3) is 0 Å². The van der Waals surface area contributed by atoms with Crippen LogP contribution in [-0.2, 0) is 24.6 Å². The molecule has 1 aliphatic rings. The van der Waals surface area contributed by atoms with Gasteiger partial charge in [0, 0.05) is 11.9 Å². The Labute approximate surface area is 165 Å². The van der Waals surface area contributed by atoms with Crippen molar-refractivity contribution in [2.45, 2.75) is 52.1 Å². The van der Waals surface area contributed by atoms with Crippen LogP contribution in [0.15, 0.2) is 10.7 Å². The molecule has 0 radical (unpaired) electrons. The number of esters is 1. The molecule has 140 valence electrons. The molecule has 1 N–H and O–H groups in total. The molecule has 0 bridgehead atoms. The summed E-state index contributed by atoms with van der Waals surface area (Å²) in [6.45, 7) is 3.85. The van der Waals surface area contributed by atoms with Gasteiger partial charge in [-0.15, -0.1) is 11.3 Å². The minimum absolute atomic E-state index is 0.156. The lowest BCUT2D eigenvalue weighted by molar-refractivity contribution is 0.0335. The first kappa shape index (κ1) is 19.1. The van der Waals surface area contributed by atoms with Crippen LogP contribution in [0, 0.1) is 0 Å². The van der Waals surface area contributed by atoms with Gasteiger partial charge in [-0.1, -0.05) is 6.92 Å². The van der Waals surface area contributed by atoms with Crippen LogP contribution in [0.2, 0.25) is 0 Å². The summed E-state index contributed by atoms with van der Waals surface area (Å²) < 4.78 is 7.68. The Kier molecular flexibility index (Phi) is 5.82. The molecule has 2 aromatic rings. The smallest absolute Gasteiger partial charge is 0.341 e. The first-order valence-electron chi connectivity index (χ1n) is 8.76. The molecule has 1 atom stereocenters. The van der Waals surface area contributed by atoms with Crippen LogP contribution in [-0.4, -0.2) is 27.8 Å². The van der Waals surface area contributed by atoms with E-state index >= 15 is 0 Å². The molecule has 0 aromatic carbocycles. The standard InChI is InChI=1S/C18H22BrN3O3S/c1-4-10(2)25-18(24)14-11-7-5-6-8-13(11)26-17(14)21-16(23)15-12(19)9-20-22(15)3/h9-10H,4-8H2,1-3H3,(H,21,23). The second kappa shape index (κ2) is 7.92. The SMILES string of the molecule is CCC(C)OC(=O)c1c(NC(=O)c2c(Br)cnn2C)sc2c1CCCC2. The third-order valence-corrected chi connectivity index (χ3v) is 6.38. The topological polar surface area (TPSA) is 73.2 Å². The lowest BCUT2D eigenvalue weighted by Crippen LogP contribution is -2.20. The highest BCUT2D eigenvalue weighted by Crippen LogP contribution is 2.39. The van der Waals surface area contributed by atoms with Crippen LogP contribution < -0.4 is 5.32 Å². The van der Waals surface area contributed by atoms with Gasteiger partial charge >= 0.3 is 5.97 Å². The van der Waals surface area contributed by atoms with E-state index in [-0.39, 0.29) is 18.0 Å². The average Bonchev–Trinajstić information content (AvgIpc) is 3.13. The summed E-state index contributed by atoms with van der Waals surface area (Å²) in [5.74, 6) is -0.647. The molecule has 8 heteroatoms. The summed E-state index contributed by atoms with van der Waals surface area (Å²) in [6, 6.07) is 0. The molecule has 0 aliphatic heterocycles. The first-order chi connectivity index (χ1) is 12.4. The Bertz CT molecular complexity index is 824. The maximum absolute atomic E-state index is 12.8. The second-order valence-electron chi connectivity index (χ2n) is 6.46. The van der Waals surface area contributed by atoms with Crippen molar-refractivity contribution in [3.05, 3.63) is 32.4 Å². The molecular formula is C18H22BrN3O3S. The van der Waals surface area contributed by atoms with Crippen molar-refractivity contribution >= 4 is 44.1 Å². The van der Waals surface area contributed by atoms with Crippen LogP contribution in [0.3, 0.4) is 0 Å². The van der Waals surface area contributed by atoms with Gasteiger partial charge in [-0.25, -0.2) is 4.79 Å². The fraction of sp³-hybridized carbons (Fsp3) is 0.500. The lowest BCUT2D eigenvalue weighted by Gasteiger charge is -2.15. The third-order valence-electron chi connectivity index (χ3n) is 4.59. The predicted octanol–water partition coefficient (Wildman–Crippen LogP) is 4.33. The van der Waals surface area contributed by atoms with E-state index in [1.54, 1.807) is 13.2 Å². The van der Waals surface area contributed by atoms with Gasteiger partial charge in [-0.2, -0.15) is 5.10 Å². The molecule has 0 fully saturated rings. The van der Waals surface area contributed by atoms with Crippen molar-refractivity contribution in [1.82, 2.24) is 9.78 Å². The summed E-state index contributed by atoms with van der Waals surface area (Å²) in [4.78, 5) is 26.7. The highest BCUT2D eigenvalue weighted by Gasteiger charge is 2.29. The Balaban J connectivity index is 1.94. The van der Waals surface area contributed by atoms with E-state index in [1.165, 1.54) is 20.9 Å². The van der Waals surface area contributed by atoms with E-state index in [1.807, 2.05) is 13.8 Å². The minimum atomic E-state index is -0.349. The van der Waals surface area contributed by atoms with Gasteiger partial charge in [-0.05, 0) is 60.5 Å². The van der Waals surface area contributed by atoms with E-state index in [0.717, 1.165) is 37.7 Å². The molecule has 0 saturated heterocycles. The summed E-state index contributed by atoms with van der Waals surface area (Å²) in [5, 5.41) is 7.56. The molecule has 2 aromatic heterocycles. The number of anilines is 1. The molecule has 1 amide bonds. The number of thiophene rings is 1. The predicted molar refractivity (Wildman–Crippen MR) is 105 cm³/mol. The fourth-order valence-electron chi connectivity index (χ4n) is 3.02. The molecular weight excluding hydrogens is 418 g/mol. The normalized spacial score (nSPS) is 14.6. The van der Waals surface area contributed by atoms with E-state index in [9.17, 15) is 9.59 Å². The number of carbonyl (C=O) groups excluding carboxylic acids is 2. The van der Waals surface area contributed by atoms with E-state index in [0.29, 0.717) is 20.7 Å². The van der Waals surface area contributed by atoms with Gasteiger partial charge in [0.1, 0.15) is 10.7 Å². The molecule has 0 saturated carbocycles. The van der Waals surface area contributed by atoms with Crippen molar-refractivity contribution < 1.29 is 14.3 Å². The van der Waals surface area contributed by atoms with E-state index < -0.39 is 0 Å². The lowest BCUT2D eigenvalue weighted by atomic mass is 9.95. The minimum Gasteiger partial charge on any atom is -0.459 e. The Morgan fingerprint density at radius 2 is 2.15 bits per heavy atom. The molecule has 1 aliphatic carbocycles. The van der Waals surface area contributed by atoms with Crippen molar-refractivity contribution in [3.63, 3.8) is 0 Å². The second-order valence-corrected chi connectivity index (χ2v) is 8.42. The summed E-state index contributed by atoms with van der Waals surface area (Å²) in [5.41, 5.74) is 1.98. The maximum Gasteiger partial charge on any atom is 0.341 e. The monoisotopic (exact) mass is 439 g/mol. The molecule has 6 nitrogen and oxygen atoms in total. The van der Waals surface area contributed by atoms with Crippen molar-refractivity contribution in [3.8, 4) is 0 Å². The number of nitrogens with one attached hydrogen (secondary N) is 1. The van der Waals surface area contributed by atoms with Gasteiger partial charge in [0.05, 0.1) is 22.3 Å². The number of fused-ring (bicyclic) bond motifs is 1. The van der Waals surface area contributed by atoms with Gasteiger partial charge in [0.15, 0.2) is 0 Å². The van der Waals surface area contributed by atoms with E-state index in [4.69, 9.17) is 4.74 Å². The first-order valence-corrected chi connectivity index (χ1v) is 10.4. The van der Waals surface area contributed by atoms with Crippen LogP contribution in [0.5, 0.6) is 0 Å². The van der Waals surface area contributed by atoms with Crippen molar-refractivity contribution in [1.29, 1.82) is 0 Å². The number of aryl methyl sites for hydroxylation is 2. The van der Waals surface area contributed by atoms with Gasteiger partial charge in [0.25, 0.3) is 5.91 Å². The number of carbonyl (C=O) groups is 2. The molecule has 1 unspecified atom stereocenters. The molecule has 3 rings (SSSR count). The molecule has 2 heterocycles. The number of amides is 1. The summed E-state index contributed by atoms with van der Waals surface area (Å²) in [6.07, 6.45) is 6.11. The number of hydrogen-bond acceptors (Lipinski definition) is 5. The van der Waals surface area contributed by atoms with Crippen LogP contribution in [0.1, 0.15) is 64.4 Å². The molecule has 0 spiro atoms. The quantitative estimate of drug-likeness (QED) is 0.703. The highest BCUT2D eigenvalue weighted by atomic mass is 79.9. The number of ether oxygens (including phenoxy) is 1. The van der Waals surface area contributed by atoms with Gasteiger partial charge in [-0.3, -0.25) is 9.48 Å². The van der Waals surface area contributed by atoms with Crippen LogP contribution >= 0.6 is 27.3 Å². The zero-order valence-electron chi connectivity index (χ0n) is 15.1. The number of halogens is 1. The zero-order chi connectivity index (χ0) is 18.8.